The molecule has 1 aromatic heterocycles. The predicted molar refractivity (Wildman–Crippen MR) is 78.8 cm³/mol. The van der Waals surface area contributed by atoms with Gasteiger partial charge in [-0.3, -0.25) is 0 Å². The molecule has 0 amide bonds. The molecule has 4 nitrogen and oxygen atoms in total. The minimum Gasteiger partial charge on any atom is -0.383 e. The van der Waals surface area contributed by atoms with Crippen LogP contribution in [0, 0.1) is 5.92 Å². The van der Waals surface area contributed by atoms with Gasteiger partial charge in [-0.15, -0.1) is 0 Å². The van der Waals surface area contributed by atoms with Gasteiger partial charge in [-0.2, -0.15) is 5.10 Å². The number of rotatable bonds is 7. The largest absolute Gasteiger partial charge is 0.383 e. The van der Waals surface area contributed by atoms with Gasteiger partial charge in [0.25, 0.3) is 0 Å². The maximum absolute atomic E-state index is 5.28. The lowest BCUT2D eigenvalue weighted by atomic mass is 10.2. The summed E-state index contributed by atoms with van der Waals surface area (Å²) in [6.45, 7) is 1.63. The summed E-state index contributed by atoms with van der Waals surface area (Å²) in [5, 5.41) is 8.00. The molecule has 0 saturated heterocycles. The van der Waals surface area contributed by atoms with Crippen LogP contribution in [0.3, 0.4) is 0 Å². The average molecular weight is 271 g/mol. The first kappa shape index (κ1) is 13.3. The van der Waals surface area contributed by atoms with Crippen LogP contribution in [-0.4, -0.2) is 29.5 Å². The van der Waals surface area contributed by atoms with E-state index >= 15 is 0 Å². The molecule has 1 saturated carbocycles. The molecule has 1 aromatic carbocycles. The van der Waals surface area contributed by atoms with Crippen molar-refractivity contribution in [2.75, 3.05) is 13.7 Å². The second kappa shape index (κ2) is 6.20. The van der Waals surface area contributed by atoms with Gasteiger partial charge in [0.1, 0.15) is 0 Å². The molecular weight excluding hydrogens is 250 g/mol. The maximum Gasteiger partial charge on any atom is 0.0645 e. The fourth-order valence-electron chi connectivity index (χ4n) is 2.46. The SMILES string of the molecule is COCC(NCc1cnn(-c2ccccc2)c1)C1CC1. The summed E-state index contributed by atoms with van der Waals surface area (Å²) in [5.74, 6) is 0.791. The topological polar surface area (TPSA) is 39.1 Å². The fraction of sp³-hybridized carbons (Fsp3) is 0.438. The van der Waals surface area contributed by atoms with Crippen LogP contribution in [0.5, 0.6) is 0 Å². The summed E-state index contributed by atoms with van der Waals surface area (Å²) >= 11 is 0. The minimum atomic E-state index is 0.472. The molecular formula is C16H21N3O. The van der Waals surface area contributed by atoms with E-state index in [4.69, 9.17) is 4.74 Å². The molecule has 1 atom stereocenters. The normalized spacial score (nSPS) is 16.2. The Morgan fingerprint density at radius 3 is 2.85 bits per heavy atom. The number of nitrogens with zero attached hydrogens (tertiary/aromatic N) is 2. The van der Waals surface area contributed by atoms with Gasteiger partial charge in [0.15, 0.2) is 0 Å². The van der Waals surface area contributed by atoms with Crippen molar-refractivity contribution in [1.82, 2.24) is 15.1 Å². The molecule has 106 valence electrons. The van der Waals surface area contributed by atoms with Gasteiger partial charge >= 0.3 is 0 Å². The number of nitrogens with one attached hydrogen (secondary N) is 1. The van der Waals surface area contributed by atoms with Crippen molar-refractivity contribution >= 4 is 0 Å². The number of para-hydroxylation sites is 1. The molecule has 2 aromatic rings. The van der Waals surface area contributed by atoms with Gasteiger partial charge in [-0.25, -0.2) is 4.68 Å². The molecule has 0 aliphatic heterocycles. The first-order valence-electron chi connectivity index (χ1n) is 7.18. The fourth-order valence-corrected chi connectivity index (χ4v) is 2.46. The molecule has 1 N–H and O–H groups in total. The quantitative estimate of drug-likeness (QED) is 0.840. The standard InChI is InChI=1S/C16H21N3O/c1-20-12-16(14-7-8-14)17-9-13-10-18-19(11-13)15-5-3-2-4-6-15/h2-6,10-11,14,16-17H,7-9,12H2,1H3. The van der Waals surface area contributed by atoms with Crippen LogP contribution in [0.1, 0.15) is 18.4 Å². The number of hydrogen-bond acceptors (Lipinski definition) is 3. The molecule has 1 heterocycles. The molecule has 1 aliphatic carbocycles. The van der Waals surface area contributed by atoms with Gasteiger partial charge in [-0.1, -0.05) is 18.2 Å². The Bertz CT molecular complexity index is 534. The summed E-state index contributed by atoms with van der Waals surface area (Å²) in [6.07, 6.45) is 6.66. The zero-order chi connectivity index (χ0) is 13.8. The number of benzene rings is 1. The third kappa shape index (κ3) is 3.26. The lowest BCUT2D eigenvalue weighted by Crippen LogP contribution is -2.34. The van der Waals surface area contributed by atoms with E-state index in [1.807, 2.05) is 29.1 Å². The summed E-state index contributed by atoms with van der Waals surface area (Å²) in [6, 6.07) is 10.7. The van der Waals surface area contributed by atoms with E-state index in [0.717, 1.165) is 24.8 Å². The Hall–Kier alpha value is -1.65. The maximum atomic E-state index is 5.28. The van der Waals surface area contributed by atoms with Crippen molar-refractivity contribution in [3.05, 3.63) is 48.3 Å². The van der Waals surface area contributed by atoms with E-state index in [1.165, 1.54) is 18.4 Å². The number of methoxy groups -OCH3 is 1. The smallest absolute Gasteiger partial charge is 0.0645 e. The van der Waals surface area contributed by atoms with Crippen LogP contribution in [0.25, 0.3) is 5.69 Å². The molecule has 0 bridgehead atoms. The highest BCUT2D eigenvalue weighted by atomic mass is 16.5. The highest BCUT2D eigenvalue weighted by molar-refractivity contribution is 5.30. The molecule has 0 spiro atoms. The zero-order valence-electron chi connectivity index (χ0n) is 11.8. The predicted octanol–water partition coefficient (Wildman–Crippen LogP) is 2.39. The van der Waals surface area contributed by atoms with Gasteiger partial charge in [0.2, 0.25) is 0 Å². The van der Waals surface area contributed by atoms with Crippen molar-refractivity contribution < 1.29 is 4.74 Å². The molecule has 1 unspecified atom stereocenters. The molecule has 1 aliphatic rings. The Morgan fingerprint density at radius 2 is 2.15 bits per heavy atom. The second-order valence-electron chi connectivity index (χ2n) is 5.41. The zero-order valence-corrected chi connectivity index (χ0v) is 11.8. The van der Waals surface area contributed by atoms with Gasteiger partial charge < -0.3 is 10.1 Å². The Kier molecular flexibility index (Phi) is 4.14. The number of aromatic nitrogens is 2. The van der Waals surface area contributed by atoms with Gasteiger partial charge in [0.05, 0.1) is 18.5 Å². The van der Waals surface area contributed by atoms with E-state index in [9.17, 15) is 0 Å². The number of hydrogen-bond donors (Lipinski definition) is 1. The van der Waals surface area contributed by atoms with Crippen molar-refractivity contribution in [3.63, 3.8) is 0 Å². The molecule has 3 rings (SSSR count). The minimum absolute atomic E-state index is 0.472. The average Bonchev–Trinajstić information content (AvgIpc) is 3.22. The number of ether oxygens (including phenoxy) is 1. The monoisotopic (exact) mass is 271 g/mol. The molecule has 4 heteroatoms. The van der Waals surface area contributed by atoms with Crippen LogP contribution in [0.2, 0.25) is 0 Å². The van der Waals surface area contributed by atoms with Gasteiger partial charge in [-0.05, 0) is 30.9 Å². The summed E-state index contributed by atoms with van der Waals surface area (Å²) in [7, 11) is 1.77. The van der Waals surface area contributed by atoms with Gasteiger partial charge in [0, 0.05) is 31.5 Å². The highest BCUT2D eigenvalue weighted by Crippen LogP contribution is 2.32. The lowest BCUT2D eigenvalue weighted by molar-refractivity contribution is 0.157. The highest BCUT2D eigenvalue weighted by Gasteiger charge is 2.30. The van der Waals surface area contributed by atoms with Crippen LogP contribution < -0.4 is 5.32 Å². The first-order chi connectivity index (χ1) is 9.86. The Labute approximate surface area is 119 Å². The van der Waals surface area contributed by atoms with Crippen molar-refractivity contribution in [2.45, 2.75) is 25.4 Å². The molecule has 20 heavy (non-hydrogen) atoms. The third-order valence-corrected chi connectivity index (χ3v) is 3.76. The second-order valence-corrected chi connectivity index (χ2v) is 5.41. The molecule has 0 radical (unpaired) electrons. The Balaban J connectivity index is 1.59. The van der Waals surface area contributed by atoms with E-state index < -0.39 is 0 Å². The summed E-state index contributed by atoms with van der Waals surface area (Å²) in [4.78, 5) is 0. The van der Waals surface area contributed by atoms with Crippen molar-refractivity contribution in [3.8, 4) is 5.69 Å². The lowest BCUT2D eigenvalue weighted by Gasteiger charge is -2.16. The molecule has 1 fully saturated rings. The van der Waals surface area contributed by atoms with Crippen LogP contribution in [0.4, 0.5) is 0 Å². The first-order valence-corrected chi connectivity index (χ1v) is 7.18. The van der Waals surface area contributed by atoms with Crippen molar-refractivity contribution in [2.24, 2.45) is 5.92 Å². The summed E-state index contributed by atoms with van der Waals surface area (Å²) in [5.41, 5.74) is 2.30. The third-order valence-electron chi connectivity index (χ3n) is 3.76. The van der Waals surface area contributed by atoms with E-state index in [0.29, 0.717) is 6.04 Å². The van der Waals surface area contributed by atoms with E-state index in [2.05, 4.69) is 28.7 Å². The van der Waals surface area contributed by atoms with Crippen molar-refractivity contribution in [1.29, 1.82) is 0 Å². The van der Waals surface area contributed by atoms with E-state index in [-0.39, 0.29) is 0 Å². The van der Waals surface area contributed by atoms with Crippen LogP contribution in [-0.2, 0) is 11.3 Å². The van der Waals surface area contributed by atoms with E-state index in [1.54, 1.807) is 7.11 Å². The summed E-state index contributed by atoms with van der Waals surface area (Å²) < 4.78 is 7.20. The Morgan fingerprint density at radius 1 is 1.35 bits per heavy atom. The van der Waals surface area contributed by atoms with Crippen LogP contribution in [0.15, 0.2) is 42.7 Å². The van der Waals surface area contributed by atoms with Crippen LogP contribution >= 0.6 is 0 Å².